The number of carbonyl (C=O) groups is 2. The van der Waals surface area contributed by atoms with E-state index in [4.69, 9.17) is 10.5 Å². The van der Waals surface area contributed by atoms with Gasteiger partial charge in [0, 0.05) is 14.1 Å². The Hall–Kier alpha value is -1.50. The van der Waals surface area contributed by atoms with Crippen LogP contribution in [0.2, 0.25) is 0 Å². The Balaban J connectivity index is -0.000000264. The number of amides is 2. The van der Waals surface area contributed by atoms with E-state index in [9.17, 15) is 9.59 Å². The molecule has 21 heavy (non-hydrogen) atoms. The lowest BCUT2D eigenvalue weighted by Gasteiger charge is -2.22. The number of primary amides is 1. The van der Waals surface area contributed by atoms with Crippen LogP contribution in [0.5, 0.6) is 0 Å². The Morgan fingerprint density at radius 2 is 1.19 bits per heavy atom. The van der Waals surface area contributed by atoms with Gasteiger partial charge in [0.15, 0.2) is 0 Å². The lowest BCUT2D eigenvalue weighted by Crippen LogP contribution is -2.31. The molecule has 0 spiro atoms. The van der Waals surface area contributed by atoms with Crippen molar-refractivity contribution in [1.29, 1.82) is 0 Å². The van der Waals surface area contributed by atoms with Crippen molar-refractivity contribution in [3.05, 3.63) is 0 Å². The lowest BCUT2D eigenvalue weighted by molar-refractivity contribution is 0.0340. The Labute approximate surface area is 129 Å². The Morgan fingerprint density at radius 3 is 1.24 bits per heavy atom. The van der Waals surface area contributed by atoms with Crippen molar-refractivity contribution in [2.75, 3.05) is 28.2 Å². The fourth-order valence-corrected chi connectivity index (χ4v) is 0.655. The van der Waals surface area contributed by atoms with Crippen LogP contribution in [0.15, 0.2) is 0 Å². The molecule has 0 aliphatic carbocycles. The highest BCUT2D eigenvalue weighted by atomic mass is 16.6. The van der Waals surface area contributed by atoms with Crippen molar-refractivity contribution >= 4 is 12.2 Å². The molecule has 2 amide bonds. The molecule has 7 heteroatoms. The number of hydrogen-bond acceptors (Lipinski definition) is 5. The van der Waals surface area contributed by atoms with Crippen LogP contribution in [-0.4, -0.2) is 56.5 Å². The van der Waals surface area contributed by atoms with E-state index in [0.29, 0.717) is 0 Å². The second-order valence-corrected chi connectivity index (χ2v) is 6.41. The molecule has 0 fully saturated rings. The van der Waals surface area contributed by atoms with Crippen molar-refractivity contribution in [1.82, 2.24) is 10.2 Å². The average Bonchev–Trinajstić information content (AvgIpc) is 2.12. The van der Waals surface area contributed by atoms with E-state index in [1.165, 1.54) is 4.90 Å². The molecule has 0 saturated carbocycles. The molecule has 0 aromatic carbocycles. The van der Waals surface area contributed by atoms with Gasteiger partial charge in [-0.2, -0.15) is 0 Å². The first-order valence-electron chi connectivity index (χ1n) is 6.63. The summed E-state index contributed by atoms with van der Waals surface area (Å²) < 4.78 is 9.56. The van der Waals surface area contributed by atoms with E-state index in [-0.39, 0.29) is 11.7 Å². The van der Waals surface area contributed by atoms with Crippen molar-refractivity contribution in [3.8, 4) is 0 Å². The van der Waals surface area contributed by atoms with Crippen LogP contribution in [0, 0.1) is 0 Å². The topological polar surface area (TPSA) is 93.9 Å². The van der Waals surface area contributed by atoms with Crippen LogP contribution in [0.1, 0.15) is 41.5 Å². The predicted octanol–water partition coefficient (Wildman–Crippen LogP) is 2.20. The number of hydrogen-bond donors (Lipinski definition) is 2. The maximum atomic E-state index is 10.9. The van der Waals surface area contributed by atoms with E-state index in [1.807, 2.05) is 34.9 Å². The van der Waals surface area contributed by atoms with Gasteiger partial charge >= 0.3 is 12.2 Å². The summed E-state index contributed by atoms with van der Waals surface area (Å²) in [6, 6.07) is 0. The third kappa shape index (κ3) is 32.2. The average molecular weight is 307 g/mol. The van der Waals surface area contributed by atoms with Crippen LogP contribution in [-0.2, 0) is 9.47 Å². The van der Waals surface area contributed by atoms with E-state index in [0.717, 1.165) is 0 Å². The van der Waals surface area contributed by atoms with Gasteiger partial charge in [0.05, 0.1) is 0 Å². The molecule has 0 atom stereocenters. The largest absolute Gasteiger partial charge is 0.444 e. The fraction of sp³-hybridized carbons (Fsp3) is 0.857. The minimum Gasteiger partial charge on any atom is -0.444 e. The first kappa shape index (κ1) is 24.5. The Morgan fingerprint density at radius 1 is 0.905 bits per heavy atom. The minimum atomic E-state index is -0.725. The van der Waals surface area contributed by atoms with Gasteiger partial charge in [0.1, 0.15) is 11.2 Å². The highest BCUT2D eigenvalue weighted by molar-refractivity contribution is 5.67. The quantitative estimate of drug-likeness (QED) is 0.715. The molecule has 128 valence electrons. The molecule has 7 nitrogen and oxygen atoms in total. The monoisotopic (exact) mass is 307 g/mol. The maximum absolute atomic E-state index is 10.9. The molecule has 3 N–H and O–H groups in total. The van der Waals surface area contributed by atoms with Gasteiger partial charge in [-0.15, -0.1) is 0 Å². The van der Waals surface area contributed by atoms with Gasteiger partial charge in [0.25, 0.3) is 0 Å². The van der Waals surface area contributed by atoms with Crippen molar-refractivity contribution in [2.24, 2.45) is 5.73 Å². The zero-order valence-electron chi connectivity index (χ0n) is 15.2. The van der Waals surface area contributed by atoms with Gasteiger partial charge in [-0.1, -0.05) is 0 Å². The molecular formula is C14H33N3O4. The minimum absolute atomic E-state index is 0.299. The number of nitrogens with one attached hydrogen (secondary N) is 1. The van der Waals surface area contributed by atoms with Gasteiger partial charge in [-0.05, 0) is 55.6 Å². The first-order valence-corrected chi connectivity index (χ1v) is 6.63. The standard InChI is InChI=1S/C7H15NO2.C5H11NO2.C2H7N/c1-7(2,3)10-6(9)8(4)5;1-5(2,3)8-4(6)7;1-3-2/h1-5H3;1-3H3,(H2,6,7);3H,1-2H3. The molecule has 0 unspecified atom stereocenters. The normalized spacial score (nSPS) is 10.2. The van der Waals surface area contributed by atoms with Crippen molar-refractivity contribution in [3.63, 3.8) is 0 Å². The molecule has 0 aliphatic heterocycles. The zero-order valence-corrected chi connectivity index (χ0v) is 15.2. The molecule has 0 rings (SSSR count). The second kappa shape index (κ2) is 11.2. The SMILES string of the molecule is CC(C)(C)OC(N)=O.CN(C)C(=O)OC(C)(C)C.CNC. The third-order valence-corrected chi connectivity index (χ3v) is 1.17. The van der Waals surface area contributed by atoms with Crippen LogP contribution < -0.4 is 11.1 Å². The van der Waals surface area contributed by atoms with Crippen LogP contribution in [0.4, 0.5) is 9.59 Å². The summed E-state index contributed by atoms with van der Waals surface area (Å²) in [4.78, 5) is 22.3. The summed E-state index contributed by atoms with van der Waals surface area (Å²) in [5, 5.41) is 2.75. The van der Waals surface area contributed by atoms with Crippen LogP contribution >= 0.6 is 0 Å². The molecule has 0 radical (unpaired) electrons. The fourth-order valence-electron chi connectivity index (χ4n) is 0.655. The first-order chi connectivity index (χ1) is 9.16. The summed E-state index contributed by atoms with van der Waals surface area (Å²) >= 11 is 0. The highest BCUT2D eigenvalue weighted by Gasteiger charge is 2.16. The number of carbonyl (C=O) groups excluding carboxylic acids is 2. The molecule has 0 aromatic heterocycles. The summed E-state index contributed by atoms with van der Waals surface area (Å²) in [7, 11) is 7.07. The zero-order chi connectivity index (χ0) is 17.9. The smallest absolute Gasteiger partial charge is 0.409 e. The third-order valence-electron chi connectivity index (χ3n) is 1.17. The van der Waals surface area contributed by atoms with Gasteiger partial charge in [0.2, 0.25) is 0 Å². The highest BCUT2D eigenvalue weighted by Crippen LogP contribution is 2.07. The maximum Gasteiger partial charge on any atom is 0.409 e. The number of ether oxygens (including phenoxy) is 2. The van der Waals surface area contributed by atoms with Gasteiger partial charge in [-0.3, -0.25) is 0 Å². The summed E-state index contributed by atoms with van der Waals surface area (Å²) in [6.07, 6.45) is -1.02. The van der Waals surface area contributed by atoms with Gasteiger partial charge < -0.3 is 25.4 Å². The van der Waals surface area contributed by atoms with Crippen molar-refractivity contribution in [2.45, 2.75) is 52.7 Å². The van der Waals surface area contributed by atoms with Crippen molar-refractivity contribution < 1.29 is 19.1 Å². The predicted molar refractivity (Wildman–Crippen MR) is 85.3 cm³/mol. The van der Waals surface area contributed by atoms with E-state index < -0.39 is 11.7 Å². The summed E-state index contributed by atoms with van der Waals surface area (Å²) in [5.74, 6) is 0. The number of rotatable bonds is 0. The van der Waals surface area contributed by atoms with E-state index in [1.54, 1.807) is 34.9 Å². The van der Waals surface area contributed by atoms with E-state index in [2.05, 4.69) is 10.1 Å². The number of nitrogens with zero attached hydrogens (tertiary/aromatic N) is 1. The summed E-state index contributed by atoms with van der Waals surface area (Å²) in [6.45, 7) is 10.8. The molecular weight excluding hydrogens is 274 g/mol. The van der Waals surface area contributed by atoms with E-state index >= 15 is 0 Å². The van der Waals surface area contributed by atoms with Crippen LogP contribution in [0.3, 0.4) is 0 Å². The lowest BCUT2D eigenvalue weighted by atomic mass is 10.2. The molecule has 0 bridgehead atoms. The molecule has 0 aromatic rings. The second-order valence-electron chi connectivity index (χ2n) is 6.41. The van der Waals surface area contributed by atoms with Gasteiger partial charge in [-0.25, -0.2) is 9.59 Å². The number of nitrogens with two attached hydrogens (primary N) is 1. The molecule has 0 aliphatic rings. The molecule has 0 saturated heterocycles. The van der Waals surface area contributed by atoms with Crippen LogP contribution in [0.25, 0.3) is 0 Å². The molecule has 0 heterocycles. The Kier molecular flexibility index (Phi) is 13.1. The Bertz CT molecular complexity index is 292. The summed E-state index contributed by atoms with van der Waals surface area (Å²) in [5.41, 5.74) is 3.88.